The van der Waals surface area contributed by atoms with Crippen LogP contribution < -0.4 is 4.57 Å². The van der Waals surface area contributed by atoms with Crippen LogP contribution in [-0.4, -0.2) is 0 Å². The predicted octanol–water partition coefficient (Wildman–Crippen LogP) is 5.24. The van der Waals surface area contributed by atoms with Gasteiger partial charge in [-0.3, -0.25) is 0 Å². The van der Waals surface area contributed by atoms with E-state index in [2.05, 4.69) is 10.6 Å². The van der Waals surface area contributed by atoms with Crippen LogP contribution in [0.3, 0.4) is 0 Å². The van der Waals surface area contributed by atoms with Crippen molar-refractivity contribution in [3.8, 4) is 22.4 Å². The molecule has 6 heteroatoms. The van der Waals surface area contributed by atoms with Crippen LogP contribution in [0.1, 0.15) is 29.5 Å². The Morgan fingerprint density at radius 2 is 1.39 bits per heavy atom. The van der Waals surface area contributed by atoms with Gasteiger partial charge in [-0.2, -0.15) is 4.57 Å². The van der Waals surface area contributed by atoms with Gasteiger partial charge in [0, 0.05) is 17.2 Å². The number of pyridine rings is 1. The molecule has 1 aliphatic heterocycles. The van der Waals surface area contributed by atoms with Gasteiger partial charge in [0.15, 0.2) is 36.0 Å². The van der Waals surface area contributed by atoms with E-state index in [-0.39, 0.29) is 5.56 Å². The van der Waals surface area contributed by atoms with Gasteiger partial charge in [-0.1, -0.05) is 6.07 Å². The van der Waals surface area contributed by atoms with Crippen LogP contribution in [0.25, 0.3) is 22.4 Å². The zero-order valence-corrected chi connectivity index (χ0v) is 14.8. The second-order valence-electron chi connectivity index (χ2n) is 7.32. The molecule has 0 atom stereocenters. The normalized spacial score (nSPS) is 14.6. The van der Waals surface area contributed by atoms with Crippen LogP contribution in [0.2, 0.25) is 0 Å². The Bertz CT molecular complexity index is 1120. The topological polar surface area (TPSA) is 3.88 Å². The molecule has 0 spiro atoms. The van der Waals surface area contributed by atoms with E-state index in [0.717, 1.165) is 42.5 Å². The predicted molar refractivity (Wildman–Crippen MR) is 93.0 cm³/mol. The number of hydrogen-bond acceptors (Lipinski definition) is 0. The summed E-state index contributed by atoms with van der Waals surface area (Å²) in [6, 6.07) is 6.77. The van der Waals surface area contributed by atoms with Crippen molar-refractivity contribution >= 4 is 0 Å². The summed E-state index contributed by atoms with van der Waals surface area (Å²) in [6.45, 7) is 0.501. The summed E-state index contributed by atoms with van der Waals surface area (Å²) >= 11 is 0. The van der Waals surface area contributed by atoms with E-state index in [1.807, 2.05) is 6.20 Å². The minimum absolute atomic E-state index is 0.0196. The highest BCUT2D eigenvalue weighted by Gasteiger charge is 2.33. The van der Waals surface area contributed by atoms with E-state index in [9.17, 15) is 22.0 Å². The molecule has 0 saturated carbocycles. The summed E-state index contributed by atoms with van der Waals surface area (Å²) in [5.74, 6) is -9.62. The number of benzene rings is 2. The highest BCUT2D eigenvalue weighted by Crippen LogP contribution is 2.38. The number of nitrogens with zero attached hydrogens (tertiary/aromatic N) is 1. The van der Waals surface area contributed by atoms with Gasteiger partial charge in [0.2, 0.25) is 11.5 Å². The molecule has 0 saturated heterocycles. The fraction of sp³-hybridized carbons (Fsp3) is 0.227. The van der Waals surface area contributed by atoms with Gasteiger partial charge in [-0.25, -0.2) is 22.0 Å². The third-order valence-corrected chi connectivity index (χ3v) is 5.74. The molecule has 28 heavy (non-hydrogen) atoms. The Kier molecular flexibility index (Phi) is 3.79. The Balaban J connectivity index is 1.68. The monoisotopic (exact) mass is 388 g/mol. The van der Waals surface area contributed by atoms with Crippen LogP contribution in [0.4, 0.5) is 22.0 Å². The van der Waals surface area contributed by atoms with Gasteiger partial charge in [0.1, 0.15) is 0 Å². The maximum absolute atomic E-state index is 14.2. The highest BCUT2D eigenvalue weighted by molar-refractivity contribution is 5.74. The Labute approximate surface area is 158 Å². The molecule has 0 fully saturated rings. The summed E-state index contributed by atoms with van der Waals surface area (Å²) in [4.78, 5) is 0. The molecule has 0 amide bonds. The van der Waals surface area contributed by atoms with Gasteiger partial charge in [0.05, 0.1) is 11.1 Å². The summed E-state index contributed by atoms with van der Waals surface area (Å²) in [5.41, 5.74) is 4.55. The van der Waals surface area contributed by atoms with Gasteiger partial charge >= 0.3 is 0 Å². The van der Waals surface area contributed by atoms with Crippen molar-refractivity contribution < 1.29 is 26.5 Å². The first kappa shape index (κ1) is 17.3. The third-order valence-electron chi connectivity index (χ3n) is 5.74. The van der Waals surface area contributed by atoms with Crippen molar-refractivity contribution in [2.45, 2.75) is 32.2 Å². The fourth-order valence-electron chi connectivity index (χ4n) is 4.41. The van der Waals surface area contributed by atoms with Crippen molar-refractivity contribution in [1.29, 1.82) is 0 Å². The van der Waals surface area contributed by atoms with E-state index in [0.29, 0.717) is 6.54 Å². The van der Waals surface area contributed by atoms with Gasteiger partial charge in [-0.15, -0.1) is 0 Å². The van der Waals surface area contributed by atoms with Gasteiger partial charge < -0.3 is 0 Å². The second-order valence-corrected chi connectivity index (χ2v) is 7.32. The molecule has 1 aromatic heterocycles. The molecule has 3 aromatic rings. The number of rotatable bonds is 1. The number of halogens is 5. The van der Waals surface area contributed by atoms with Crippen molar-refractivity contribution in [3.05, 3.63) is 76.2 Å². The fourth-order valence-corrected chi connectivity index (χ4v) is 4.41. The Morgan fingerprint density at radius 1 is 0.714 bits per heavy atom. The zero-order valence-electron chi connectivity index (χ0n) is 14.8. The standard InChI is InChI=1S/C22H15F5N/c23-17-16(18(24)20(26)21(27)19(17)25)12-5-6-15-13(9-12)10-28-8-7-11-3-1-2-4-14(11)22(15)28/h5-9H,1-4,10H2/q+1. The summed E-state index contributed by atoms with van der Waals surface area (Å²) in [5, 5.41) is 0. The molecular formula is C22H15F5N+. The Morgan fingerprint density at radius 3 is 2.14 bits per heavy atom. The first-order valence-electron chi connectivity index (χ1n) is 9.16. The van der Waals surface area contributed by atoms with Crippen LogP contribution in [0.5, 0.6) is 0 Å². The lowest BCUT2D eigenvalue weighted by Gasteiger charge is -2.15. The first-order valence-corrected chi connectivity index (χ1v) is 9.16. The minimum atomic E-state index is -2.14. The largest absolute Gasteiger partial charge is 0.216 e. The van der Waals surface area contributed by atoms with E-state index >= 15 is 0 Å². The van der Waals surface area contributed by atoms with Crippen LogP contribution in [0.15, 0.2) is 30.5 Å². The number of hydrogen-bond donors (Lipinski definition) is 0. The van der Waals surface area contributed by atoms with Crippen molar-refractivity contribution in [2.75, 3.05) is 0 Å². The van der Waals surface area contributed by atoms with Gasteiger partial charge in [-0.05, 0) is 48.9 Å². The molecule has 1 aliphatic carbocycles. The third kappa shape index (κ3) is 2.33. The molecule has 0 N–H and O–H groups in total. The summed E-state index contributed by atoms with van der Waals surface area (Å²) < 4.78 is 71.0. The van der Waals surface area contributed by atoms with Crippen molar-refractivity contribution in [2.24, 2.45) is 0 Å². The van der Waals surface area contributed by atoms with Crippen LogP contribution in [0, 0.1) is 29.1 Å². The molecule has 5 rings (SSSR count). The molecule has 0 bridgehead atoms. The smallest absolute Gasteiger partial charge is 0.203 e. The van der Waals surface area contributed by atoms with E-state index in [4.69, 9.17) is 0 Å². The molecule has 2 aromatic carbocycles. The van der Waals surface area contributed by atoms with Crippen molar-refractivity contribution in [3.63, 3.8) is 0 Å². The van der Waals surface area contributed by atoms with Gasteiger partial charge in [0.25, 0.3) is 0 Å². The van der Waals surface area contributed by atoms with Crippen LogP contribution in [-0.2, 0) is 19.4 Å². The second kappa shape index (κ2) is 6.12. The molecule has 0 unspecified atom stereocenters. The maximum atomic E-state index is 14.2. The van der Waals surface area contributed by atoms with E-state index in [1.165, 1.54) is 23.3 Å². The highest BCUT2D eigenvalue weighted by atomic mass is 19.2. The number of fused-ring (bicyclic) bond motifs is 5. The number of aryl methyl sites for hydroxylation is 1. The minimum Gasteiger partial charge on any atom is -0.203 e. The molecule has 1 nitrogen and oxygen atoms in total. The quantitative estimate of drug-likeness (QED) is 0.182. The SMILES string of the molecule is Fc1c(F)c(F)c(-c2ccc3c(c2)C[n+]2ccc4c(c2-3)CCCC4)c(F)c1F. The average molecular weight is 388 g/mol. The lowest BCUT2D eigenvalue weighted by molar-refractivity contribution is -0.672. The lowest BCUT2D eigenvalue weighted by Crippen LogP contribution is -2.33. The summed E-state index contributed by atoms with van der Waals surface area (Å²) in [6.07, 6.45) is 6.27. The van der Waals surface area contributed by atoms with Crippen molar-refractivity contribution in [1.82, 2.24) is 0 Å². The molecule has 2 aliphatic rings. The molecular weight excluding hydrogens is 373 g/mol. The molecule has 2 heterocycles. The molecule has 0 radical (unpaired) electrons. The van der Waals surface area contributed by atoms with E-state index in [1.54, 1.807) is 6.07 Å². The van der Waals surface area contributed by atoms with E-state index < -0.39 is 34.6 Å². The Hall–Kier alpha value is -2.76. The van der Waals surface area contributed by atoms with Crippen LogP contribution >= 0.6 is 0 Å². The zero-order chi connectivity index (χ0) is 19.6. The average Bonchev–Trinajstić information content (AvgIpc) is 3.09. The maximum Gasteiger partial charge on any atom is 0.216 e. The lowest BCUT2D eigenvalue weighted by atomic mass is 9.88. The number of aromatic nitrogens is 1. The summed E-state index contributed by atoms with van der Waals surface area (Å²) in [7, 11) is 0. The first-order chi connectivity index (χ1) is 13.5. The molecule has 142 valence electrons.